The Bertz CT molecular complexity index is 1770. The van der Waals surface area contributed by atoms with Gasteiger partial charge in [0.2, 0.25) is 5.88 Å². The van der Waals surface area contributed by atoms with E-state index in [1.54, 1.807) is 29.4 Å². The van der Waals surface area contributed by atoms with E-state index in [0.717, 1.165) is 24.5 Å². The van der Waals surface area contributed by atoms with Crippen LogP contribution < -0.4 is 20.3 Å². The van der Waals surface area contributed by atoms with Crippen LogP contribution in [0.5, 0.6) is 11.6 Å². The molecule has 11 heteroatoms. The van der Waals surface area contributed by atoms with Crippen molar-refractivity contribution in [2.45, 2.75) is 32.2 Å². The summed E-state index contributed by atoms with van der Waals surface area (Å²) in [5, 5.41) is 6.68. The molecular weight excluding hydrogens is 540 g/mol. The second-order valence-electron chi connectivity index (χ2n) is 9.77. The summed E-state index contributed by atoms with van der Waals surface area (Å²) in [5.41, 5.74) is 2.43. The van der Waals surface area contributed by atoms with Gasteiger partial charge >= 0.3 is 11.9 Å². The number of carbonyl (C=O) groups is 3. The first-order chi connectivity index (χ1) is 19.9. The highest BCUT2D eigenvalue weighted by atomic mass is 32.1. The number of thiophene rings is 1. The molecule has 1 aliphatic carbocycles. The normalized spacial score (nSPS) is 17.4. The van der Waals surface area contributed by atoms with Crippen molar-refractivity contribution in [3.05, 3.63) is 82.8 Å². The molecule has 0 unspecified atom stereocenters. The van der Waals surface area contributed by atoms with Gasteiger partial charge in [-0.15, -0.1) is 11.3 Å². The van der Waals surface area contributed by atoms with E-state index in [4.69, 9.17) is 4.74 Å². The molecule has 41 heavy (non-hydrogen) atoms. The van der Waals surface area contributed by atoms with Crippen molar-refractivity contribution >= 4 is 56.5 Å². The van der Waals surface area contributed by atoms with Gasteiger partial charge in [0.1, 0.15) is 15.5 Å². The molecule has 4 heterocycles. The Morgan fingerprint density at radius 3 is 2.83 bits per heavy atom. The van der Waals surface area contributed by atoms with E-state index in [2.05, 4.69) is 38.1 Å². The van der Waals surface area contributed by atoms with Crippen LogP contribution in [0.15, 0.2) is 67.5 Å². The number of para-hydroxylation sites is 1. The lowest BCUT2D eigenvalue weighted by atomic mass is 10.1. The van der Waals surface area contributed by atoms with Crippen LogP contribution in [0.2, 0.25) is 0 Å². The van der Waals surface area contributed by atoms with Crippen LogP contribution in [0.25, 0.3) is 15.1 Å². The molecule has 204 valence electrons. The minimum absolute atomic E-state index is 0.0205. The van der Waals surface area contributed by atoms with E-state index in [0.29, 0.717) is 50.2 Å². The summed E-state index contributed by atoms with van der Waals surface area (Å²) >= 11 is 1.23. The maximum atomic E-state index is 13.5. The van der Waals surface area contributed by atoms with Crippen LogP contribution in [0.4, 0.5) is 21.9 Å². The lowest BCUT2D eigenvalue weighted by Crippen LogP contribution is -2.36. The summed E-state index contributed by atoms with van der Waals surface area (Å²) in [4.78, 5) is 53.5. The fraction of sp³-hybridized carbons (Fsp3) is 0.200. The summed E-state index contributed by atoms with van der Waals surface area (Å²) in [5.74, 6) is 0.336. The molecule has 0 bridgehead atoms. The highest BCUT2D eigenvalue weighted by Crippen LogP contribution is 2.46. The Morgan fingerprint density at radius 1 is 1.22 bits per heavy atom. The van der Waals surface area contributed by atoms with Crippen LogP contribution in [-0.4, -0.2) is 33.9 Å². The lowest BCUT2D eigenvalue weighted by molar-refractivity contribution is -0.110. The van der Waals surface area contributed by atoms with Gasteiger partial charge in [0, 0.05) is 23.2 Å². The predicted octanol–water partition coefficient (Wildman–Crippen LogP) is 6.42. The third-order valence-corrected chi connectivity index (χ3v) is 8.11. The molecule has 10 nitrogen and oxygen atoms in total. The molecule has 6 rings (SSSR count). The van der Waals surface area contributed by atoms with Crippen molar-refractivity contribution in [3.63, 3.8) is 0 Å². The Kier molecular flexibility index (Phi) is 6.91. The number of anilines is 3. The second-order valence-corrected chi connectivity index (χ2v) is 10.8. The number of carbonyl (C=O) groups excluding carboxylic acids is 3. The van der Waals surface area contributed by atoms with Gasteiger partial charge in [-0.25, -0.2) is 14.8 Å². The van der Waals surface area contributed by atoms with E-state index in [9.17, 15) is 14.4 Å². The number of nitrogens with zero attached hydrogens (tertiary/aromatic N) is 4. The van der Waals surface area contributed by atoms with E-state index in [1.807, 2.05) is 37.3 Å². The average Bonchev–Trinajstić information content (AvgIpc) is 3.58. The van der Waals surface area contributed by atoms with Gasteiger partial charge in [-0.3, -0.25) is 9.69 Å². The number of pyridine rings is 2. The summed E-state index contributed by atoms with van der Waals surface area (Å²) < 4.78 is 5.85. The van der Waals surface area contributed by atoms with Gasteiger partial charge in [-0.05, 0) is 49.9 Å². The molecule has 2 atom stereocenters. The number of ether oxygens (including phenoxy) is 1. The average molecular weight is 566 g/mol. The standard InChI is InChI=1S/C30H24N6O4S/c1-3-23(37)32-15-18-9-10-19(14-18)34-28(38)27-26-25-21(11-12-31-29(25)41-27)36(30(39)35-26)22-16-33-24(13-17(22)2)40-20-7-5-4-6-8-20/h3-8,11-13,16,18-19H,1,9-10,14H2,2H3,(H-,34,35,38,39)/p+1/t18-,19+/m0/s1. The van der Waals surface area contributed by atoms with E-state index in [1.165, 1.54) is 11.3 Å². The highest BCUT2D eigenvalue weighted by molar-refractivity contribution is 7.21. The number of aromatic nitrogens is 2. The van der Waals surface area contributed by atoms with E-state index in [-0.39, 0.29) is 17.9 Å². The second kappa shape index (κ2) is 10.8. The van der Waals surface area contributed by atoms with Gasteiger partial charge in [0.15, 0.2) is 0 Å². The Balaban J connectivity index is 1.26. The van der Waals surface area contributed by atoms with Crippen LogP contribution in [0.3, 0.4) is 0 Å². The van der Waals surface area contributed by atoms with Gasteiger partial charge < -0.3 is 15.4 Å². The maximum absolute atomic E-state index is 13.5. The molecule has 3 aromatic heterocycles. The quantitative estimate of drug-likeness (QED) is 0.261. The fourth-order valence-electron chi connectivity index (χ4n) is 5.09. The molecule has 1 saturated carbocycles. The smallest absolute Gasteiger partial charge is 0.439 e. The van der Waals surface area contributed by atoms with Gasteiger partial charge in [0.25, 0.3) is 12.0 Å². The first-order valence-electron chi connectivity index (χ1n) is 13.1. The molecule has 4 amide bonds. The van der Waals surface area contributed by atoms with Gasteiger partial charge in [0.05, 0.1) is 40.6 Å². The van der Waals surface area contributed by atoms with Crippen LogP contribution in [0.1, 0.15) is 34.5 Å². The predicted molar refractivity (Wildman–Crippen MR) is 157 cm³/mol. The van der Waals surface area contributed by atoms with E-state index >= 15 is 0 Å². The molecule has 4 aromatic rings. The fourth-order valence-corrected chi connectivity index (χ4v) is 6.11. The first kappa shape index (κ1) is 26.2. The molecule has 2 aliphatic rings. The molecule has 0 radical (unpaired) electrons. The zero-order chi connectivity index (χ0) is 28.5. The van der Waals surface area contributed by atoms with Crippen molar-refractivity contribution < 1.29 is 19.1 Å². The molecular formula is C30H25N6O4S+. The molecule has 2 N–H and O–H groups in total. The molecule has 1 fully saturated rings. The van der Waals surface area contributed by atoms with Crippen LogP contribution >= 0.6 is 11.3 Å². The molecule has 1 aliphatic heterocycles. The number of amides is 4. The monoisotopic (exact) mass is 565 g/mol. The van der Waals surface area contributed by atoms with Gasteiger partial charge in [-0.2, -0.15) is 4.79 Å². The zero-order valence-electron chi connectivity index (χ0n) is 22.1. The number of benzene rings is 1. The number of hydrogen-bond acceptors (Lipinski definition) is 7. The SMILES string of the molecule is C=CC(=O)[N+]#C[C@H]1CC[C@@H](NC(=O)c2sc3nccc4c3c2NC(=O)N4c2cnc(Oc3ccccc3)cc2C)C1. The number of nitrogens with one attached hydrogen (secondary N) is 2. The minimum atomic E-state index is -0.433. The summed E-state index contributed by atoms with van der Waals surface area (Å²) in [6.07, 6.45) is 6.49. The maximum Gasteiger partial charge on any atom is 0.539 e. The van der Waals surface area contributed by atoms with Crippen LogP contribution in [0, 0.1) is 18.9 Å². The van der Waals surface area contributed by atoms with Crippen LogP contribution in [-0.2, 0) is 4.79 Å². The summed E-state index contributed by atoms with van der Waals surface area (Å²) in [6, 6.07) is 15.2. The molecule has 0 saturated heterocycles. The Labute approximate surface area is 239 Å². The third-order valence-electron chi connectivity index (χ3n) is 7.02. The largest absolute Gasteiger partial charge is 0.539 e. The topological polar surface area (TPSA) is 118 Å². The van der Waals surface area contributed by atoms with Gasteiger partial charge in [-0.1, -0.05) is 24.8 Å². The summed E-state index contributed by atoms with van der Waals surface area (Å²) in [7, 11) is 0. The highest BCUT2D eigenvalue weighted by Gasteiger charge is 2.35. The Morgan fingerprint density at radius 2 is 2.05 bits per heavy atom. The zero-order valence-corrected chi connectivity index (χ0v) is 22.9. The Hall–Kier alpha value is -5.08. The number of urea groups is 1. The third kappa shape index (κ3) is 5.13. The molecule has 0 spiro atoms. The number of aryl methyl sites for hydroxylation is 1. The summed E-state index contributed by atoms with van der Waals surface area (Å²) in [6.45, 7) is 5.28. The number of hydrogen-bond donors (Lipinski definition) is 2. The lowest BCUT2D eigenvalue weighted by Gasteiger charge is -2.29. The van der Waals surface area contributed by atoms with Crippen molar-refractivity contribution in [1.29, 1.82) is 0 Å². The van der Waals surface area contributed by atoms with Crippen molar-refractivity contribution in [2.75, 3.05) is 10.2 Å². The molecule has 1 aromatic carbocycles. The first-order valence-corrected chi connectivity index (χ1v) is 13.9. The van der Waals surface area contributed by atoms with Crippen molar-refractivity contribution in [3.8, 4) is 17.7 Å². The van der Waals surface area contributed by atoms with Crippen molar-refractivity contribution in [2.24, 2.45) is 5.92 Å². The minimum Gasteiger partial charge on any atom is -0.439 e. The van der Waals surface area contributed by atoms with E-state index < -0.39 is 11.9 Å². The number of rotatable bonds is 6. The van der Waals surface area contributed by atoms with Crippen molar-refractivity contribution in [1.82, 2.24) is 15.3 Å².